The molecule has 0 spiro atoms. The van der Waals surface area contributed by atoms with Crippen LogP contribution in [-0.4, -0.2) is 21.0 Å². The number of hydrogen-bond acceptors (Lipinski definition) is 5. The summed E-state index contributed by atoms with van der Waals surface area (Å²) in [4.78, 5) is 13.4. The van der Waals surface area contributed by atoms with Crippen molar-refractivity contribution in [1.29, 1.82) is 0 Å². The van der Waals surface area contributed by atoms with Gasteiger partial charge in [0.1, 0.15) is 5.82 Å². The average Bonchev–Trinajstić information content (AvgIpc) is 2.85. The first-order chi connectivity index (χ1) is 17.4. The lowest BCUT2D eigenvalue weighted by atomic mass is 10.2. The number of aromatic nitrogens is 2. The number of aryl methyl sites for hydroxylation is 2. The van der Waals surface area contributed by atoms with E-state index in [0.29, 0.717) is 23.6 Å². The average molecular weight is 500 g/mol. The van der Waals surface area contributed by atoms with Gasteiger partial charge in [-0.3, -0.25) is 5.32 Å². The van der Waals surface area contributed by atoms with Gasteiger partial charge in [-0.15, -0.1) is 0 Å². The lowest BCUT2D eigenvalue weighted by molar-refractivity contribution is 0.627. The van der Waals surface area contributed by atoms with Gasteiger partial charge < -0.3 is 16.0 Å². The van der Waals surface area contributed by atoms with E-state index in [0.717, 1.165) is 34.0 Å². The van der Waals surface area contributed by atoms with E-state index in [-0.39, 0.29) is 5.82 Å². The maximum Gasteiger partial charge on any atom is 0.229 e. The molecule has 7 nitrogen and oxygen atoms in total. The molecule has 9 heteroatoms. The van der Waals surface area contributed by atoms with E-state index in [1.165, 1.54) is 12.1 Å². The molecule has 36 heavy (non-hydrogen) atoms. The number of para-hydroxylation sites is 1. The zero-order valence-corrected chi connectivity index (χ0v) is 20.7. The van der Waals surface area contributed by atoms with Crippen LogP contribution in [0.5, 0.6) is 0 Å². The number of nitrogens with one attached hydrogen (secondary N) is 4. The number of halogens is 1. The Labute approximate surface area is 214 Å². The number of benzene rings is 3. The Morgan fingerprint density at radius 3 is 2.08 bits per heavy atom. The molecule has 0 amide bonds. The molecule has 4 N–H and O–H groups in total. The molecule has 1 heterocycles. The Morgan fingerprint density at radius 1 is 0.806 bits per heavy atom. The van der Waals surface area contributed by atoms with Gasteiger partial charge in [-0.25, -0.2) is 19.4 Å². The number of thiocarbonyl (C=S) groups is 1. The highest BCUT2D eigenvalue weighted by Crippen LogP contribution is 2.18. The van der Waals surface area contributed by atoms with Crippen molar-refractivity contribution in [3.63, 3.8) is 0 Å². The van der Waals surface area contributed by atoms with Gasteiger partial charge in [-0.2, -0.15) is 0 Å². The van der Waals surface area contributed by atoms with Gasteiger partial charge in [0, 0.05) is 28.5 Å². The number of rotatable bonds is 6. The summed E-state index contributed by atoms with van der Waals surface area (Å²) in [7, 11) is 0. The summed E-state index contributed by atoms with van der Waals surface area (Å²) in [5.74, 6) is 0.472. The third-order valence-electron chi connectivity index (χ3n) is 4.98. The third-order valence-corrected chi connectivity index (χ3v) is 5.19. The molecule has 0 saturated carbocycles. The van der Waals surface area contributed by atoms with Crippen LogP contribution < -0.4 is 21.3 Å². The molecule has 0 radical (unpaired) electrons. The normalized spacial score (nSPS) is 11.0. The van der Waals surface area contributed by atoms with Gasteiger partial charge in [-0.05, 0) is 86.2 Å². The molecule has 182 valence electrons. The van der Waals surface area contributed by atoms with Crippen LogP contribution in [0.3, 0.4) is 0 Å². The second-order valence-corrected chi connectivity index (χ2v) is 8.45. The highest BCUT2D eigenvalue weighted by Gasteiger charge is 2.08. The Balaban J connectivity index is 1.43. The van der Waals surface area contributed by atoms with Crippen molar-refractivity contribution < 1.29 is 4.39 Å². The summed E-state index contributed by atoms with van der Waals surface area (Å²) in [6.07, 6.45) is 0. The second kappa shape index (κ2) is 11.9. The van der Waals surface area contributed by atoms with Crippen LogP contribution in [-0.2, 0) is 6.54 Å². The Bertz CT molecular complexity index is 1320. The topological polar surface area (TPSA) is 86.3 Å². The van der Waals surface area contributed by atoms with Crippen LogP contribution in [0.4, 0.5) is 27.4 Å². The van der Waals surface area contributed by atoms with Crippen molar-refractivity contribution in [2.45, 2.75) is 20.4 Å². The minimum absolute atomic E-state index is 0.293. The second-order valence-electron chi connectivity index (χ2n) is 8.04. The van der Waals surface area contributed by atoms with Crippen molar-refractivity contribution in [3.05, 3.63) is 108 Å². The first kappa shape index (κ1) is 24.7. The van der Waals surface area contributed by atoms with Crippen LogP contribution in [0, 0.1) is 19.7 Å². The zero-order chi connectivity index (χ0) is 25.3. The monoisotopic (exact) mass is 499 g/mol. The quantitative estimate of drug-likeness (QED) is 0.149. The van der Waals surface area contributed by atoms with E-state index in [1.54, 1.807) is 12.1 Å². The SMILES string of the molecule is Cc1cc(C)nc(NC(=NCc2ccc(F)cc2)NC(=S)Nc2ccc(Nc3ccccc3)cc2)n1. The minimum Gasteiger partial charge on any atom is -0.356 e. The minimum atomic E-state index is -0.293. The summed E-state index contributed by atoms with van der Waals surface area (Å²) >= 11 is 5.52. The predicted octanol–water partition coefficient (Wildman–Crippen LogP) is 5.93. The Kier molecular flexibility index (Phi) is 8.15. The number of nitrogens with zero attached hydrogens (tertiary/aromatic N) is 3. The largest absolute Gasteiger partial charge is 0.356 e. The van der Waals surface area contributed by atoms with E-state index in [4.69, 9.17) is 12.2 Å². The standard InChI is InChI=1S/C27H26FN7S/c1-18-16-19(2)31-26(30-18)34-25(29-17-20-8-10-21(28)11-9-20)35-27(36)33-24-14-12-23(13-15-24)32-22-6-4-3-5-7-22/h3-16,32H,17H2,1-2H3,(H3,29,30,31,33,34,35,36). The van der Waals surface area contributed by atoms with Crippen LogP contribution in [0.2, 0.25) is 0 Å². The molecule has 0 atom stereocenters. The van der Waals surface area contributed by atoms with E-state index < -0.39 is 0 Å². The van der Waals surface area contributed by atoms with Crippen molar-refractivity contribution in [2.24, 2.45) is 4.99 Å². The Morgan fingerprint density at radius 2 is 1.42 bits per heavy atom. The maximum atomic E-state index is 13.3. The van der Waals surface area contributed by atoms with Gasteiger partial charge in [0.25, 0.3) is 0 Å². The van der Waals surface area contributed by atoms with Gasteiger partial charge in [-0.1, -0.05) is 30.3 Å². The van der Waals surface area contributed by atoms with Crippen molar-refractivity contribution in [1.82, 2.24) is 15.3 Å². The van der Waals surface area contributed by atoms with Crippen molar-refractivity contribution >= 4 is 46.3 Å². The van der Waals surface area contributed by atoms with Gasteiger partial charge in [0.15, 0.2) is 5.11 Å². The summed E-state index contributed by atoms with van der Waals surface area (Å²) in [5, 5.41) is 13.0. The molecule has 3 aromatic carbocycles. The summed E-state index contributed by atoms with van der Waals surface area (Å²) in [5.41, 5.74) is 5.28. The molecule has 4 rings (SSSR count). The third kappa shape index (κ3) is 7.57. The van der Waals surface area contributed by atoms with Crippen LogP contribution >= 0.6 is 12.2 Å². The molecule has 0 aliphatic heterocycles. The lowest BCUT2D eigenvalue weighted by Gasteiger charge is -2.15. The highest BCUT2D eigenvalue weighted by molar-refractivity contribution is 7.80. The van der Waals surface area contributed by atoms with Crippen LogP contribution in [0.1, 0.15) is 17.0 Å². The molecule has 0 fully saturated rings. The summed E-state index contributed by atoms with van der Waals surface area (Å²) in [6, 6.07) is 25.8. The lowest BCUT2D eigenvalue weighted by Crippen LogP contribution is -2.39. The van der Waals surface area contributed by atoms with Crippen LogP contribution in [0.15, 0.2) is 89.9 Å². The van der Waals surface area contributed by atoms with Crippen molar-refractivity contribution in [3.8, 4) is 0 Å². The van der Waals surface area contributed by atoms with Crippen molar-refractivity contribution in [2.75, 3.05) is 16.0 Å². The fourth-order valence-corrected chi connectivity index (χ4v) is 3.57. The zero-order valence-electron chi connectivity index (χ0n) is 19.9. The maximum absolute atomic E-state index is 13.3. The van der Waals surface area contributed by atoms with Gasteiger partial charge >= 0.3 is 0 Å². The van der Waals surface area contributed by atoms with E-state index >= 15 is 0 Å². The molecule has 0 bridgehead atoms. The van der Waals surface area contributed by atoms with Gasteiger partial charge in [0.05, 0.1) is 6.54 Å². The fourth-order valence-electron chi connectivity index (χ4n) is 3.35. The molecule has 0 aliphatic carbocycles. The summed E-state index contributed by atoms with van der Waals surface area (Å²) < 4.78 is 13.3. The van der Waals surface area contributed by atoms with Gasteiger partial charge in [0.2, 0.25) is 11.9 Å². The molecule has 0 saturated heterocycles. The van der Waals surface area contributed by atoms with E-state index in [2.05, 4.69) is 36.2 Å². The molecule has 1 aromatic heterocycles. The number of hydrogen-bond donors (Lipinski definition) is 4. The fraction of sp³-hybridized carbons (Fsp3) is 0.111. The first-order valence-electron chi connectivity index (χ1n) is 11.3. The number of anilines is 4. The summed E-state index contributed by atoms with van der Waals surface area (Å²) in [6.45, 7) is 4.10. The smallest absolute Gasteiger partial charge is 0.229 e. The molecular weight excluding hydrogens is 473 g/mol. The first-order valence-corrected chi connectivity index (χ1v) is 11.7. The Hall–Kier alpha value is -4.37. The predicted molar refractivity (Wildman–Crippen MR) is 148 cm³/mol. The molecule has 4 aromatic rings. The van der Waals surface area contributed by atoms with E-state index in [1.807, 2.05) is 74.5 Å². The van der Waals surface area contributed by atoms with Crippen LogP contribution in [0.25, 0.3) is 0 Å². The molecule has 0 unspecified atom stereocenters. The van der Waals surface area contributed by atoms with E-state index in [9.17, 15) is 4.39 Å². The number of guanidine groups is 1. The molecular formula is C27H26FN7S. The molecule has 0 aliphatic rings. The highest BCUT2D eigenvalue weighted by atomic mass is 32.1. The number of aliphatic imine (C=N–C) groups is 1.